The highest BCUT2D eigenvalue weighted by molar-refractivity contribution is 5.85. The van der Waals surface area contributed by atoms with Crippen molar-refractivity contribution >= 4 is 18.3 Å². The first kappa shape index (κ1) is 17.8. The summed E-state index contributed by atoms with van der Waals surface area (Å²) in [4.78, 5) is 14.7. The molecule has 3 nitrogen and oxygen atoms in total. The molecule has 3 aliphatic rings. The number of carbonyl (C=O) groups excluding carboxylic acids is 1. The van der Waals surface area contributed by atoms with Crippen molar-refractivity contribution in [3.05, 3.63) is 34.9 Å². The van der Waals surface area contributed by atoms with Crippen LogP contribution in [0.2, 0.25) is 0 Å². The molecule has 1 amide bonds. The molecule has 0 radical (unpaired) electrons. The van der Waals surface area contributed by atoms with E-state index in [2.05, 4.69) is 28.4 Å². The van der Waals surface area contributed by atoms with Gasteiger partial charge >= 0.3 is 0 Å². The number of rotatable bonds is 2. The third-order valence-electron chi connectivity index (χ3n) is 6.28. The molecule has 1 N–H and O–H groups in total. The van der Waals surface area contributed by atoms with Crippen molar-refractivity contribution in [1.29, 1.82) is 0 Å². The molecular weight excluding hydrogens is 320 g/mol. The molecule has 132 valence electrons. The van der Waals surface area contributed by atoms with Crippen LogP contribution >= 0.6 is 12.4 Å². The van der Waals surface area contributed by atoms with Gasteiger partial charge in [-0.15, -0.1) is 12.4 Å². The smallest absolute Gasteiger partial charge is 0.226 e. The van der Waals surface area contributed by atoms with Crippen molar-refractivity contribution in [2.45, 2.75) is 51.4 Å². The van der Waals surface area contributed by atoms with Gasteiger partial charge in [-0.1, -0.05) is 18.2 Å². The van der Waals surface area contributed by atoms with Crippen molar-refractivity contribution in [3.63, 3.8) is 0 Å². The van der Waals surface area contributed by atoms with Crippen LogP contribution in [0.25, 0.3) is 0 Å². The second-order valence-electron chi connectivity index (χ2n) is 7.79. The van der Waals surface area contributed by atoms with Crippen LogP contribution in [0, 0.1) is 5.41 Å². The summed E-state index contributed by atoms with van der Waals surface area (Å²) in [5.41, 5.74) is 4.68. The predicted molar refractivity (Wildman–Crippen MR) is 99.8 cm³/mol. The summed E-state index contributed by atoms with van der Waals surface area (Å²) in [5, 5.41) is 3.49. The third-order valence-corrected chi connectivity index (χ3v) is 6.28. The highest BCUT2D eigenvalue weighted by atomic mass is 35.5. The average molecular weight is 349 g/mol. The first-order valence-corrected chi connectivity index (χ1v) is 9.33. The molecule has 2 saturated heterocycles. The number of hydrogen-bond acceptors (Lipinski definition) is 2. The van der Waals surface area contributed by atoms with Crippen molar-refractivity contribution < 1.29 is 4.79 Å². The van der Waals surface area contributed by atoms with Crippen molar-refractivity contribution in [2.24, 2.45) is 5.41 Å². The molecule has 1 aliphatic carbocycles. The van der Waals surface area contributed by atoms with Gasteiger partial charge in [0.2, 0.25) is 5.91 Å². The lowest BCUT2D eigenvalue weighted by Crippen LogP contribution is -2.44. The minimum absolute atomic E-state index is 0. The number of nitrogens with one attached hydrogen (secondary N) is 1. The van der Waals surface area contributed by atoms with E-state index in [0.717, 1.165) is 26.2 Å². The van der Waals surface area contributed by atoms with Crippen LogP contribution in [-0.4, -0.2) is 37.0 Å². The van der Waals surface area contributed by atoms with Crippen molar-refractivity contribution in [1.82, 2.24) is 10.2 Å². The Morgan fingerprint density at radius 2 is 1.83 bits per heavy atom. The molecule has 2 aliphatic heterocycles. The number of hydrogen-bond donors (Lipinski definition) is 1. The Morgan fingerprint density at radius 1 is 1.08 bits per heavy atom. The van der Waals surface area contributed by atoms with Gasteiger partial charge in [0.1, 0.15) is 0 Å². The Balaban J connectivity index is 0.00000169. The maximum absolute atomic E-state index is 12.6. The first-order valence-electron chi connectivity index (χ1n) is 9.33. The van der Waals surface area contributed by atoms with Gasteiger partial charge in [-0.05, 0) is 73.6 Å². The Morgan fingerprint density at radius 3 is 2.54 bits per heavy atom. The molecule has 24 heavy (non-hydrogen) atoms. The number of amides is 1. The fraction of sp³-hybridized carbons (Fsp3) is 0.650. The van der Waals surface area contributed by atoms with E-state index >= 15 is 0 Å². The van der Waals surface area contributed by atoms with Gasteiger partial charge < -0.3 is 10.2 Å². The van der Waals surface area contributed by atoms with Gasteiger partial charge in [0, 0.05) is 19.6 Å². The van der Waals surface area contributed by atoms with E-state index < -0.39 is 0 Å². The van der Waals surface area contributed by atoms with Crippen LogP contribution in [0.4, 0.5) is 0 Å². The van der Waals surface area contributed by atoms with E-state index in [9.17, 15) is 4.79 Å². The molecular formula is C20H29ClN2O. The van der Waals surface area contributed by atoms with Crippen LogP contribution < -0.4 is 5.32 Å². The lowest BCUT2D eigenvalue weighted by atomic mass is 9.78. The van der Waals surface area contributed by atoms with Gasteiger partial charge in [-0.25, -0.2) is 0 Å². The minimum atomic E-state index is 0. The normalized spacial score (nSPS) is 22.1. The maximum Gasteiger partial charge on any atom is 0.226 e. The summed E-state index contributed by atoms with van der Waals surface area (Å²) in [6.45, 7) is 4.21. The van der Waals surface area contributed by atoms with Gasteiger partial charge in [0.05, 0.1) is 6.42 Å². The lowest BCUT2D eigenvalue weighted by molar-refractivity contribution is -0.132. The quantitative estimate of drug-likeness (QED) is 0.890. The highest BCUT2D eigenvalue weighted by Gasteiger charge is 2.37. The minimum Gasteiger partial charge on any atom is -0.342 e. The number of fused-ring (bicyclic) bond motifs is 1. The Hall–Kier alpha value is -1.06. The monoisotopic (exact) mass is 348 g/mol. The fourth-order valence-corrected chi connectivity index (χ4v) is 4.64. The van der Waals surface area contributed by atoms with E-state index in [1.807, 2.05) is 0 Å². The van der Waals surface area contributed by atoms with Crippen molar-refractivity contribution in [2.75, 3.05) is 26.2 Å². The zero-order chi connectivity index (χ0) is 15.7. The number of piperidine rings is 1. The number of likely N-dealkylation sites (tertiary alicyclic amines) is 1. The standard InChI is InChI=1S/C20H28N2O.ClH/c23-19(22-11-8-20(9-12-22)7-10-21-15-20)14-16-5-6-17-3-1-2-4-18(17)13-16;/h5-6,13,21H,1-4,7-12,14-15H2;1H. The fourth-order valence-electron chi connectivity index (χ4n) is 4.64. The lowest BCUT2D eigenvalue weighted by Gasteiger charge is -2.39. The van der Waals surface area contributed by atoms with E-state index in [1.165, 1.54) is 61.6 Å². The Labute approximate surface area is 151 Å². The first-order chi connectivity index (χ1) is 11.2. The second kappa shape index (κ2) is 7.45. The molecule has 0 unspecified atom stereocenters. The van der Waals surface area contributed by atoms with Crippen LogP contribution in [0.1, 0.15) is 48.8 Å². The number of carbonyl (C=O) groups is 1. The summed E-state index contributed by atoms with van der Waals surface area (Å²) in [6, 6.07) is 6.72. The molecule has 1 aromatic carbocycles. The van der Waals surface area contributed by atoms with Gasteiger partial charge in [-0.3, -0.25) is 4.79 Å². The molecule has 0 saturated carbocycles. The van der Waals surface area contributed by atoms with Crippen LogP contribution in [0.5, 0.6) is 0 Å². The number of aryl methyl sites for hydroxylation is 2. The van der Waals surface area contributed by atoms with E-state index in [1.54, 1.807) is 0 Å². The summed E-state index contributed by atoms with van der Waals surface area (Å²) in [6.07, 6.45) is 9.24. The molecule has 4 heteroatoms. The van der Waals surface area contributed by atoms with Gasteiger partial charge in [0.25, 0.3) is 0 Å². The SMILES string of the molecule is Cl.O=C(Cc1ccc2c(c1)CCCC2)N1CCC2(CCNC2)CC1. The molecule has 2 fully saturated rings. The van der Waals surface area contributed by atoms with E-state index in [-0.39, 0.29) is 12.4 Å². The van der Waals surface area contributed by atoms with Gasteiger partial charge in [-0.2, -0.15) is 0 Å². The second-order valence-corrected chi connectivity index (χ2v) is 7.79. The topological polar surface area (TPSA) is 32.3 Å². The average Bonchev–Trinajstić information content (AvgIpc) is 3.03. The molecule has 0 bridgehead atoms. The molecule has 0 atom stereocenters. The van der Waals surface area contributed by atoms with E-state index in [0.29, 0.717) is 17.7 Å². The molecule has 4 rings (SSSR count). The zero-order valence-corrected chi connectivity index (χ0v) is 15.3. The number of halogens is 1. The highest BCUT2D eigenvalue weighted by Crippen LogP contribution is 2.37. The molecule has 2 heterocycles. The molecule has 1 aromatic rings. The summed E-state index contributed by atoms with van der Waals surface area (Å²) >= 11 is 0. The zero-order valence-electron chi connectivity index (χ0n) is 14.5. The molecule has 1 spiro atoms. The number of nitrogens with zero attached hydrogens (tertiary/aromatic N) is 1. The molecule has 0 aromatic heterocycles. The maximum atomic E-state index is 12.6. The largest absolute Gasteiger partial charge is 0.342 e. The third kappa shape index (κ3) is 3.62. The van der Waals surface area contributed by atoms with Gasteiger partial charge in [0.15, 0.2) is 0 Å². The van der Waals surface area contributed by atoms with Crippen LogP contribution in [-0.2, 0) is 24.1 Å². The van der Waals surface area contributed by atoms with E-state index in [4.69, 9.17) is 0 Å². The predicted octanol–water partition coefficient (Wildman–Crippen LogP) is 3.13. The van der Waals surface area contributed by atoms with Crippen LogP contribution in [0.15, 0.2) is 18.2 Å². The summed E-state index contributed by atoms with van der Waals surface area (Å²) < 4.78 is 0. The van der Waals surface area contributed by atoms with Crippen molar-refractivity contribution in [3.8, 4) is 0 Å². The Bertz CT molecular complexity index is 585. The summed E-state index contributed by atoms with van der Waals surface area (Å²) in [5.74, 6) is 0.321. The summed E-state index contributed by atoms with van der Waals surface area (Å²) in [7, 11) is 0. The number of benzene rings is 1. The van der Waals surface area contributed by atoms with Crippen LogP contribution in [0.3, 0.4) is 0 Å². The Kier molecular flexibility index (Phi) is 5.51.